The third kappa shape index (κ3) is 5.55. The lowest BCUT2D eigenvalue weighted by molar-refractivity contribution is -0.121. The highest BCUT2D eigenvalue weighted by Gasteiger charge is 2.18. The van der Waals surface area contributed by atoms with Crippen molar-refractivity contribution in [1.82, 2.24) is 5.32 Å². The van der Waals surface area contributed by atoms with Crippen LogP contribution in [0.25, 0.3) is 0 Å². The van der Waals surface area contributed by atoms with Crippen LogP contribution in [0.4, 0.5) is 0 Å². The van der Waals surface area contributed by atoms with Crippen molar-refractivity contribution in [2.24, 2.45) is 5.92 Å². The molecule has 1 N–H and O–H groups in total. The summed E-state index contributed by atoms with van der Waals surface area (Å²) in [7, 11) is 0. The van der Waals surface area contributed by atoms with E-state index in [4.69, 9.17) is 0 Å². The van der Waals surface area contributed by atoms with Gasteiger partial charge in [-0.05, 0) is 31.6 Å². The molecule has 0 aromatic rings. The second kappa shape index (κ2) is 7.26. The molecule has 0 radical (unpaired) electrons. The average Bonchev–Trinajstić information content (AvgIpc) is 2.70. The monoisotopic (exact) mass is 275 g/mol. The Kier molecular flexibility index (Phi) is 6.30. The molecule has 0 heterocycles. The number of carbonyl (C=O) groups is 1. The fourth-order valence-electron chi connectivity index (χ4n) is 2.12. The van der Waals surface area contributed by atoms with Gasteiger partial charge in [0.05, 0.1) is 0 Å². The van der Waals surface area contributed by atoms with E-state index in [1.165, 1.54) is 25.7 Å². The van der Waals surface area contributed by atoms with E-state index in [0.29, 0.717) is 10.7 Å². The lowest BCUT2D eigenvalue weighted by Crippen LogP contribution is -2.27. The van der Waals surface area contributed by atoms with Crippen molar-refractivity contribution in [2.75, 3.05) is 6.54 Å². The van der Waals surface area contributed by atoms with Crippen molar-refractivity contribution in [3.8, 4) is 0 Å². The quantitative estimate of drug-likeness (QED) is 0.741. The Morgan fingerprint density at radius 2 is 2.13 bits per heavy atom. The van der Waals surface area contributed by atoms with Crippen molar-refractivity contribution in [3.05, 3.63) is 0 Å². The highest BCUT2D eigenvalue weighted by molar-refractivity contribution is 9.09. The van der Waals surface area contributed by atoms with Gasteiger partial charge in [0.15, 0.2) is 0 Å². The SMILES string of the molecule is CCC(Br)CCNC(=O)CC1CCCC1. The molecule has 0 aromatic carbocycles. The topological polar surface area (TPSA) is 29.1 Å². The maximum atomic E-state index is 11.5. The van der Waals surface area contributed by atoms with Crippen molar-refractivity contribution in [1.29, 1.82) is 0 Å². The summed E-state index contributed by atoms with van der Waals surface area (Å²) in [5.41, 5.74) is 0. The van der Waals surface area contributed by atoms with Crippen LogP contribution in [0.1, 0.15) is 51.9 Å². The zero-order valence-electron chi connectivity index (χ0n) is 9.60. The first-order valence-corrected chi connectivity index (χ1v) is 7.04. The van der Waals surface area contributed by atoms with Crippen molar-refractivity contribution in [2.45, 2.75) is 56.7 Å². The van der Waals surface area contributed by atoms with Crippen LogP contribution in [0.2, 0.25) is 0 Å². The Hall–Kier alpha value is -0.0500. The molecule has 0 aromatic heterocycles. The minimum Gasteiger partial charge on any atom is -0.356 e. The number of hydrogen-bond acceptors (Lipinski definition) is 1. The summed E-state index contributed by atoms with van der Waals surface area (Å²) in [6.07, 6.45) is 8.05. The summed E-state index contributed by atoms with van der Waals surface area (Å²) >= 11 is 3.56. The Morgan fingerprint density at radius 3 is 2.73 bits per heavy atom. The summed E-state index contributed by atoms with van der Waals surface area (Å²) < 4.78 is 0. The Morgan fingerprint density at radius 1 is 1.47 bits per heavy atom. The van der Waals surface area contributed by atoms with Crippen LogP contribution in [0, 0.1) is 5.92 Å². The molecular weight excluding hydrogens is 254 g/mol. The fraction of sp³-hybridized carbons (Fsp3) is 0.917. The second-order valence-electron chi connectivity index (χ2n) is 4.50. The van der Waals surface area contributed by atoms with Gasteiger partial charge >= 0.3 is 0 Å². The molecule has 0 bridgehead atoms. The molecule has 0 saturated heterocycles. The van der Waals surface area contributed by atoms with Gasteiger partial charge in [0.1, 0.15) is 0 Å². The molecule has 1 saturated carbocycles. The van der Waals surface area contributed by atoms with Crippen molar-refractivity contribution < 1.29 is 4.79 Å². The standard InChI is InChI=1S/C12H22BrNO/c1-2-11(13)7-8-14-12(15)9-10-5-3-4-6-10/h10-11H,2-9H2,1H3,(H,14,15). The molecule has 1 atom stereocenters. The maximum Gasteiger partial charge on any atom is 0.220 e. The number of halogens is 1. The number of carbonyl (C=O) groups excluding carboxylic acids is 1. The maximum absolute atomic E-state index is 11.5. The minimum atomic E-state index is 0.248. The zero-order chi connectivity index (χ0) is 11.1. The summed E-state index contributed by atoms with van der Waals surface area (Å²) in [4.78, 5) is 12.1. The normalized spacial score (nSPS) is 19.1. The van der Waals surface area contributed by atoms with Gasteiger partial charge in [-0.25, -0.2) is 0 Å². The van der Waals surface area contributed by atoms with Gasteiger partial charge in [-0.2, -0.15) is 0 Å². The number of amides is 1. The molecule has 1 amide bonds. The van der Waals surface area contributed by atoms with Crippen molar-refractivity contribution in [3.63, 3.8) is 0 Å². The van der Waals surface area contributed by atoms with Gasteiger partial charge in [0.25, 0.3) is 0 Å². The molecule has 0 spiro atoms. The predicted molar refractivity (Wildman–Crippen MR) is 67.2 cm³/mol. The van der Waals surface area contributed by atoms with Crippen LogP contribution in [0.5, 0.6) is 0 Å². The Labute approximate surface area is 101 Å². The van der Waals surface area contributed by atoms with Crippen molar-refractivity contribution >= 4 is 21.8 Å². The highest BCUT2D eigenvalue weighted by Crippen LogP contribution is 2.27. The minimum absolute atomic E-state index is 0.248. The smallest absolute Gasteiger partial charge is 0.220 e. The molecular formula is C12H22BrNO. The Balaban J connectivity index is 2.02. The Bertz CT molecular complexity index is 190. The first kappa shape index (κ1) is 13.0. The summed E-state index contributed by atoms with van der Waals surface area (Å²) in [5, 5.41) is 3.01. The van der Waals surface area contributed by atoms with Gasteiger partial charge in [0, 0.05) is 17.8 Å². The van der Waals surface area contributed by atoms with Crippen LogP contribution in [-0.2, 0) is 4.79 Å². The lowest BCUT2D eigenvalue weighted by Gasteiger charge is -2.11. The van der Waals surface area contributed by atoms with E-state index in [-0.39, 0.29) is 5.91 Å². The third-order valence-electron chi connectivity index (χ3n) is 3.17. The molecule has 15 heavy (non-hydrogen) atoms. The number of alkyl halides is 1. The molecule has 0 aliphatic heterocycles. The zero-order valence-corrected chi connectivity index (χ0v) is 11.2. The molecule has 2 nitrogen and oxygen atoms in total. The van der Waals surface area contributed by atoms with Crippen LogP contribution < -0.4 is 5.32 Å². The first-order chi connectivity index (χ1) is 7.22. The van der Waals surface area contributed by atoms with E-state index in [0.717, 1.165) is 25.8 Å². The van der Waals surface area contributed by atoms with Gasteiger partial charge < -0.3 is 5.32 Å². The summed E-state index contributed by atoms with van der Waals surface area (Å²) in [6.45, 7) is 2.97. The van der Waals surface area contributed by atoms with E-state index in [1.54, 1.807) is 0 Å². The largest absolute Gasteiger partial charge is 0.356 e. The highest BCUT2D eigenvalue weighted by atomic mass is 79.9. The van der Waals surface area contributed by atoms with Crippen LogP contribution in [0.15, 0.2) is 0 Å². The van der Waals surface area contributed by atoms with E-state index in [2.05, 4.69) is 28.2 Å². The van der Waals surface area contributed by atoms with E-state index < -0.39 is 0 Å². The van der Waals surface area contributed by atoms with Crippen LogP contribution in [0.3, 0.4) is 0 Å². The molecule has 1 rings (SSSR count). The van der Waals surface area contributed by atoms with Gasteiger partial charge in [-0.3, -0.25) is 4.79 Å². The number of rotatable bonds is 6. The third-order valence-corrected chi connectivity index (χ3v) is 4.28. The molecule has 1 unspecified atom stereocenters. The fourth-order valence-corrected chi connectivity index (χ4v) is 2.35. The van der Waals surface area contributed by atoms with Crippen LogP contribution >= 0.6 is 15.9 Å². The average molecular weight is 276 g/mol. The number of hydrogen-bond donors (Lipinski definition) is 1. The summed E-state index contributed by atoms with van der Waals surface area (Å²) in [6, 6.07) is 0. The summed E-state index contributed by atoms with van der Waals surface area (Å²) in [5.74, 6) is 0.911. The second-order valence-corrected chi connectivity index (χ2v) is 5.79. The predicted octanol–water partition coefficient (Wildman–Crippen LogP) is 3.25. The molecule has 88 valence electrons. The molecule has 1 fully saturated rings. The van der Waals surface area contributed by atoms with Gasteiger partial charge in [-0.15, -0.1) is 0 Å². The van der Waals surface area contributed by atoms with E-state index in [1.807, 2.05) is 0 Å². The van der Waals surface area contributed by atoms with Gasteiger partial charge in [0.2, 0.25) is 5.91 Å². The molecule has 3 heteroatoms. The molecule has 1 aliphatic rings. The lowest BCUT2D eigenvalue weighted by atomic mass is 10.0. The van der Waals surface area contributed by atoms with E-state index >= 15 is 0 Å². The first-order valence-electron chi connectivity index (χ1n) is 6.13. The van der Waals surface area contributed by atoms with Crippen LogP contribution in [-0.4, -0.2) is 17.3 Å². The van der Waals surface area contributed by atoms with E-state index in [9.17, 15) is 4.79 Å². The molecule has 1 aliphatic carbocycles. The number of nitrogens with one attached hydrogen (secondary N) is 1. The van der Waals surface area contributed by atoms with Gasteiger partial charge in [-0.1, -0.05) is 35.7 Å².